The zero-order valence-corrected chi connectivity index (χ0v) is 15.3. The van der Waals surface area contributed by atoms with Crippen LogP contribution in [0.2, 0.25) is 0 Å². The Kier molecular flexibility index (Phi) is 4.58. The van der Waals surface area contributed by atoms with Gasteiger partial charge in [0, 0.05) is 56.1 Å². The molecule has 2 aliphatic rings. The van der Waals surface area contributed by atoms with Gasteiger partial charge >= 0.3 is 0 Å². The molecule has 0 spiro atoms. The van der Waals surface area contributed by atoms with Crippen LogP contribution in [0.1, 0.15) is 21.1 Å². The van der Waals surface area contributed by atoms with Gasteiger partial charge in [0.05, 0.1) is 23.9 Å². The van der Waals surface area contributed by atoms with Crippen LogP contribution < -0.4 is 5.32 Å². The molecule has 4 rings (SSSR count). The topological polar surface area (TPSA) is 72.3 Å². The first kappa shape index (κ1) is 16.7. The maximum Gasteiger partial charge on any atom is 0.269 e. The van der Waals surface area contributed by atoms with Crippen molar-refractivity contribution in [1.29, 1.82) is 0 Å². The first-order valence-electron chi connectivity index (χ1n) is 8.61. The summed E-state index contributed by atoms with van der Waals surface area (Å²) >= 11 is 1.72. The van der Waals surface area contributed by atoms with E-state index in [1.807, 2.05) is 5.51 Å². The second-order valence-corrected chi connectivity index (χ2v) is 7.84. The molecule has 0 bridgehead atoms. The fraction of sp³-hybridized carbons (Fsp3) is 0.588. The standard InChI is InChI=1S/C17H23N5O2S/c1-11-16(25-10-19-11)8-22-6-13-12(9-24-15(13)7-22)5-18-17(23)14-3-4-20-21(14)2/h3-4,10,12-13,15H,5-9H2,1-2H3,(H,18,23)/t12-,13+,15+/m1/s1. The fourth-order valence-corrected chi connectivity index (χ4v) is 4.63. The predicted molar refractivity (Wildman–Crippen MR) is 94.4 cm³/mol. The molecule has 134 valence electrons. The maximum absolute atomic E-state index is 12.3. The summed E-state index contributed by atoms with van der Waals surface area (Å²) in [6, 6.07) is 1.73. The maximum atomic E-state index is 12.3. The number of thiazole rings is 1. The van der Waals surface area contributed by atoms with E-state index in [0.29, 0.717) is 24.1 Å². The van der Waals surface area contributed by atoms with Gasteiger partial charge in [-0.25, -0.2) is 4.98 Å². The zero-order chi connectivity index (χ0) is 17.4. The number of amides is 1. The minimum Gasteiger partial charge on any atom is -0.376 e. The van der Waals surface area contributed by atoms with Crippen LogP contribution in [-0.4, -0.2) is 57.9 Å². The van der Waals surface area contributed by atoms with E-state index in [4.69, 9.17) is 4.74 Å². The zero-order valence-electron chi connectivity index (χ0n) is 14.5. The molecule has 1 amide bonds. The Balaban J connectivity index is 1.32. The number of ether oxygens (including phenoxy) is 1. The predicted octanol–water partition coefficient (Wildman–Crippen LogP) is 1.06. The Labute approximate surface area is 151 Å². The number of aryl methyl sites for hydroxylation is 2. The molecule has 2 fully saturated rings. The minimum atomic E-state index is -0.0708. The first-order chi connectivity index (χ1) is 12.1. The van der Waals surface area contributed by atoms with Crippen molar-refractivity contribution in [2.75, 3.05) is 26.2 Å². The van der Waals surface area contributed by atoms with Crippen LogP contribution in [0.25, 0.3) is 0 Å². The van der Waals surface area contributed by atoms with Gasteiger partial charge in [-0.3, -0.25) is 14.4 Å². The number of carbonyl (C=O) groups is 1. The Bertz CT molecular complexity index is 758. The SMILES string of the molecule is Cc1ncsc1CN1C[C@H]2[C@H](CNC(=O)c3ccnn3C)CO[C@H]2C1. The summed E-state index contributed by atoms with van der Waals surface area (Å²) < 4.78 is 7.59. The van der Waals surface area contributed by atoms with Crippen molar-refractivity contribution in [3.63, 3.8) is 0 Å². The van der Waals surface area contributed by atoms with Crippen LogP contribution in [0, 0.1) is 18.8 Å². The van der Waals surface area contributed by atoms with E-state index in [2.05, 4.69) is 27.2 Å². The van der Waals surface area contributed by atoms with Crippen molar-refractivity contribution in [2.24, 2.45) is 18.9 Å². The third-order valence-corrected chi connectivity index (χ3v) is 6.22. The van der Waals surface area contributed by atoms with E-state index in [0.717, 1.165) is 31.9 Å². The van der Waals surface area contributed by atoms with Gasteiger partial charge in [0.1, 0.15) is 5.69 Å². The minimum absolute atomic E-state index is 0.0708. The summed E-state index contributed by atoms with van der Waals surface area (Å²) in [6.07, 6.45) is 1.92. The lowest BCUT2D eigenvalue weighted by Gasteiger charge is -2.19. The third kappa shape index (κ3) is 3.33. The van der Waals surface area contributed by atoms with Gasteiger partial charge in [-0.15, -0.1) is 11.3 Å². The highest BCUT2D eigenvalue weighted by Gasteiger charge is 2.43. The Hall–Kier alpha value is -1.77. The average molecular weight is 361 g/mol. The number of rotatable bonds is 5. The van der Waals surface area contributed by atoms with Crippen molar-refractivity contribution < 1.29 is 9.53 Å². The summed E-state index contributed by atoms with van der Waals surface area (Å²) in [5, 5.41) is 7.09. The molecule has 1 N–H and O–H groups in total. The highest BCUT2D eigenvalue weighted by atomic mass is 32.1. The summed E-state index contributed by atoms with van der Waals surface area (Å²) in [4.78, 5) is 20.4. The van der Waals surface area contributed by atoms with Gasteiger partial charge in [0.15, 0.2) is 0 Å². The number of nitrogens with zero attached hydrogens (tertiary/aromatic N) is 4. The molecular formula is C17H23N5O2S. The van der Waals surface area contributed by atoms with Crippen molar-refractivity contribution in [1.82, 2.24) is 25.0 Å². The molecule has 7 nitrogen and oxygen atoms in total. The highest BCUT2D eigenvalue weighted by Crippen LogP contribution is 2.34. The molecule has 2 aromatic rings. The van der Waals surface area contributed by atoms with Crippen molar-refractivity contribution in [3.8, 4) is 0 Å². The molecule has 2 saturated heterocycles. The number of hydrogen-bond acceptors (Lipinski definition) is 6. The summed E-state index contributed by atoms with van der Waals surface area (Å²) in [7, 11) is 1.78. The Morgan fingerprint density at radius 1 is 1.48 bits per heavy atom. The molecule has 3 atom stereocenters. The summed E-state index contributed by atoms with van der Waals surface area (Å²) in [5.74, 6) is 0.786. The monoisotopic (exact) mass is 361 g/mol. The van der Waals surface area contributed by atoms with E-state index in [1.165, 1.54) is 4.88 Å². The van der Waals surface area contributed by atoms with Gasteiger partial charge in [0.25, 0.3) is 5.91 Å². The average Bonchev–Trinajstić information content (AvgIpc) is 3.33. The fourth-order valence-electron chi connectivity index (χ4n) is 3.81. The van der Waals surface area contributed by atoms with Crippen LogP contribution in [0.5, 0.6) is 0 Å². The number of nitrogens with one attached hydrogen (secondary N) is 1. The van der Waals surface area contributed by atoms with Gasteiger partial charge in [-0.1, -0.05) is 0 Å². The molecule has 0 unspecified atom stereocenters. The van der Waals surface area contributed by atoms with Gasteiger partial charge in [-0.05, 0) is 13.0 Å². The quantitative estimate of drug-likeness (QED) is 0.862. The molecular weight excluding hydrogens is 338 g/mol. The highest BCUT2D eigenvalue weighted by molar-refractivity contribution is 7.09. The van der Waals surface area contributed by atoms with E-state index in [9.17, 15) is 4.79 Å². The molecule has 25 heavy (non-hydrogen) atoms. The second-order valence-electron chi connectivity index (χ2n) is 6.90. The summed E-state index contributed by atoms with van der Waals surface area (Å²) in [6.45, 7) is 6.38. The van der Waals surface area contributed by atoms with E-state index < -0.39 is 0 Å². The number of aromatic nitrogens is 3. The molecule has 2 aliphatic heterocycles. The largest absolute Gasteiger partial charge is 0.376 e. The van der Waals surface area contributed by atoms with Crippen LogP contribution in [0.15, 0.2) is 17.8 Å². The van der Waals surface area contributed by atoms with Crippen molar-refractivity contribution in [3.05, 3.63) is 34.0 Å². The van der Waals surface area contributed by atoms with Crippen molar-refractivity contribution >= 4 is 17.2 Å². The molecule has 0 aromatic carbocycles. The summed E-state index contributed by atoms with van der Waals surface area (Å²) in [5.41, 5.74) is 3.63. The van der Waals surface area contributed by atoms with E-state index in [-0.39, 0.29) is 12.0 Å². The van der Waals surface area contributed by atoms with E-state index >= 15 is 0 Å². The van der Waals surface area contributed by atoms with Gasteiger partial charge in [0.2, 0.25) is 0 Å². The van der Waals surface area contributed by atoms with Crippen LogP contribution in [0.3, 0.4) is 0 Å². The van der Waals surface area contributed by atoms with E-state index in [1.54, 1.807) is 35.3 Å². The molecule has 4 heterocycles. The third-order valence-electron chi connectivity index (χ3n) is 5.31. The van der Waals surface area contributed by atoms with Crippen LogP contribution >= 0.6 is 11.3 Å². The lowest BCUT2D eigenvalue weighted by Crippen LogP contribution is -2.35. The van der Waals surface area contributed by atoms with Crippen molar-refractivity contribution in [2.45, 2.75) is 19.6 Å². The van der Waals surface area contributed by atoms with Gasteiger partial charge in [-0.2, -0.15) is 5.10 Å². The molecule has 0 saturated carbocycles. The molecule has 0 aliphatic carbocycles. The van der Waals surface area contributed by atoms with Crippen LogP contribution in [0.4, 0.5) is 0 Å². The number of carbonyl (C=O) groups excluding carboxylic acids is 1. The Morgan fingerprint density at radius 2 is 2.36 bits per heavy atom. The lowest BCUT2D eigenvalue weighted by molar-refractivity contribution is 0.0899. The molecule has 8 heteroatoms. The number of hydrogen-bond donors (Lipinski definition) is 1. The van der Waals surface area contributed by atoms with Gasteiger partial charge < -0.3 is 10.1 Å². The molecule has 0 radical (unpaired) electrons. The van der Waals surface area contributed by atoms with Crippen LogP contribution in [-0.2, 0) is 18.3 Å². The smallest absolute Gasteiger partial charge is 0.269 e. The second kappa shape index (κ2) is 6.86. The first-order valence-corrected chi connectivity index (χ1v) is 9.49. The number of fused-ring (bicyclic) bond motifs is 1. The molecule has 2 aromatic heterocycles. The normalized spacial score (nSPS) is 26.1. The number of likely N-dealkylation sites (tertiary alicyclic amines) is 1. The lowest BCUT2D eigenvalue weighted by atomic mass is 9.93. The Morgan fingerprint density at radius 3 is 3.08 bits per heavy atom.